The first-order chi connectivity index (χ1) is 15.0. The van der Waals surface area contributed by atoms with Gasteiger partial charge in [-0.1, -0.05) is 18.6 Å². The standard InChI is InChI=1S/C24H31FN6/c1-5-31-16-19(17(2)28-31)15-30-13-7-6-8-22(30)23-21(14-26-24(27-23)29(3)4)18-9-11-20(25)12-10-18/h9-12,14,16,22H,5-8,13,15H2,1-4H3/t22-/m1/s1. The van der Waals surface area contributed by atoms with E-state index in [1.54, 1.807) is 0 Å². The molecule has 1 fully saturated rings. The van der Waals surface area contributed by atoms with Crippen molar-refractivity contribution < 1.29 is 4.39 Å². The van der Waals surface area contributed by atoms with Gasteiger partial charge >= 0.3 is 0 Å². The lowest BCUT2D eigenvalue weighted by Gasteiger charge is -2.36. The number of nitrogens with zero attached hydrogens (tertiary/aromatic N) is 6. The second-order valence-electron chi connectivity index (χ2n) is 8.45. The van der Waals surface area contributed by atoms with Gasteiger partial charge in [-0.25, -0.2) is 14.4 Å². The lowest BCUT2D eigenvalue weighted by molar-refractivity contribution is 0.137. The molecule has 3 heterocycles. The molecule has 4 rings (SSSR count). The zero-order valence-corrected chi connectivity index (χ0v) is 18.8. The quantitative estimate of drug-likeness (QED) is 0.581. The first kappa shape index (κ1) is 21.4. The number of hydrogen-bond donors (Lipinski definition) is 0. The second kappa shape index (κ2) is 9.14. The molecule has 0 saturated carbocycles. The van der Waals surface area contributed by atoms with Gasteiger partial charge in [0, 0.05) is 50.7 Å². The van der Waals surface area contributed by atoms with E-state index in [1.165, 1.54) is 30.5 Å². The Labute approximate surface area is 183 Å². The largest absolute Gasteiger partial charge is 0.347 e. The molecule has 0 unspecified atom stereocenters. The number of rotatable bonds is 6. The van der Waals surface area contributed by atoms with E-state index >= 15 is 0 Å². The van der Waals surface area contributed by atoms with Crippen LogP contribution in [0.3, 0.4) is 0 Å². The lowest BCUT2D eigenvalue weighted by Crippen LogP contribution is -2.34. The third-order valence-corrected chi connectivity index (χ3v) is 6.04. The average molecular weight is 423 g/mol. The summed E-state index contributed by atoms with van der Waals surface area (Å²) >= 11 is 0. The highest BCUT2D eigenvalue weighted by Gasteiger charge is 2.29. The van der Waals surface area contributed by atoms with Gasteiger partial charge in [0.25, 0.3) is 0 Å². The molecule has 0 radical (unpaired) electrons. The SMILES string of the molecule is CCn1cc(CN2CCCC[C@@H]2c2nc(N(C)C)ncc2-c2ccc(F)cc2)c(C)n1. The molecule has 1 aliphatic heterocycles. The van der Waals surface area contributed by atoms with Crippen LogP contribution >= 0.6 is 0 Å². The number of halogens is 1. The highest BCUT2D eigenvalue weighted by Crippen LogP contribution is 2.37. The van der Waals surface area contributed by atoms with Crippen molar-refractivity contribution >= 4 is 5.95 Å². The Kier molecular flexibility index (Phi) is 6.32. The lowest BCUT2D eigenvalue weighted by atomic mass is 9.93. The summed E-state index contributed by atoms with van der Waals surface area (Å²) in [4.78, 5) is 14.0. The summed E-state index contributed by atoms with van der Waals surface area (Å²) in [6.45, 7) is 6.93. The Morgan fingerprint density at radius 3 is 2.61 bits per heavy atom. The van der Waals surface area contributed by atoms with Gasteiger partial charge in [0.2, 0.25) is 5.95 Å². The number of benzene rings is 1. The molecule has 0 spiro atoms. The zero-order chi connectivity index (χ0) is 22.0. The molecular formula is C24H31FN6. The normalized spacial score (nSPS) is 17.1. The number of hydrogen-bond acceptors (Lipinski definition) is 5. The van der Waals surface area contributed by atoms with Gasteiger partial charge in [0.05, 0.1) is 17.4 Å². The molecule has 1 aromatic carbocycles. The van der Waals surface area contributed by atoms with Crippen LogP contribution in [0.15, 0.2) is 36.7 Å². The number of anilines is 1. The Hall–Kier alpha value is -2.80. The third-order valence-electron chi connectivity index (χ3n) is 6.04. The van der Waals surface area contributed by atoms with Crippen molar-refractivity contribution in [1.82, 2.24) is 24.6 Å². The molecule has 164 valence electrons. The van der Waals surface area contributed by atoms with E-state index in [-0.39, 0.29) is 11.9 Å². The van der Waals surface area contributed by atoms with E-state index in [4.69, 9.17) is 4.98 Å². The van der Waals surface area contributed by atoms with Crippen molar-refractivity contribution in [2.24, 2.45) is 0 Å². The van der Waals surface area contributed by atoms with Crippen LogP contribution in [0.2, 0.25) is 0 Å². The maximum Gasteiger partial charge on any atom is 0.225 e. The van der Waals surface area contributed by atoms with E-state index in [2.05, 4.69) is 35.0 Å². The van der Waals surface area contributed by atoms with E-state index in [0.29, 0.717) is 5.95 Å². The molecule has 31 heavy (non-hydrogen) atoms. The molecule has 6 nitrogen and oxygen atoms in total. The Balaban J connectivity index is 1.74. The molecule has 1 aliphatic rings. The fourth-order valence-corrected chi connectivity index (χ4v) is 4.29. The van der Waals surface area contributed by atoms with E-state index in [1.807, 2.05) is 42.0 Å². The van der Waals surface area contributed by atoms with Crippen LogP contribution in [-0.2, 0) is 13.1 Å². The summed E-state index contributed by atoms with van der Waals surface area (Å²) < 4.78 is 15.5. The Morgan fingerprint density at radius 1 is 1.16 bits per heavy atom. The average Bonchev–Trinajstić information content (AvgIpc) is 3.14. The van der Waals surface area contributed by atoms with Gasteiger partial charge in [-0.2, -0.15) is 5.10 Å². The van der Waals surface area contributed by atoms with Gasteiger partial charge in [-0.05, 0) is 50.9 Å². The van der Waals surface area contributed by atoms with Gasteiger partial charge in [0.1, 0.15) is 5.82 Å². The topological polar surface area (TPSA) is 50.1 Å². The van der Waals surface area contributed by atoms with E-state index in [9.17, 15) is 4.39 Å². The van der Waals surface area contributed by atoms with Crippen LogP contribution in [0.1, 0.15) is 49.2 Å². The minimum atomic E-state index is -0.237. The van der Waals surface area contributed by atoms with E-state index in [0.717, 1.165) is 48.6 Å². The summed E-state index contributed by atoms with van der Waals surface area (Å²) in [7, 11) is 3.91. The summed E-state index contributed by atoms with van der Waals surface area (Å²) in [5.74, 6) is 0.459. The predicted molar refractivity (Wildman–Crippen MR) is 121 cm³/mol. The molecule has 2 aromatic heterocycles. The van der Waals surface area contributed by atoms with Crippen LogP contribution in [-0.4, -0.2) is 45.3 Å². The molecule has 0 bridgehead atoms. The maximum absolute atomic E-state index is 13.5. The fraction of sp³-hybridized carbons (Fsp3) is 0.458. The first-order valence-corrected chi connectivity index (χ1v) is 11.0. The highest BCUT2D eigenvalue weighted by atomic mass is 19.1. The molecule has 7 heteroatoms. The van der Waals surface area contributed by atoms with Gasteiger partial charge in [-0.15, -0.1) is 0 Å². The molecule has 0 amide bonds. The van der Waals surface area contributed by atoms with Crippen molar-refractivity contribution in [3.8, 4) is 11.1 Å². The smallest absolute Gasteiger partial charge is 0.225 e. The molecule has 0 aliphatic carbocycles. The molecular weight excluding hydrogens is 391 g/mol. The van der Waals surface area contributed by atoms with Crippen molar-refractivity contribution in [3.05, 3.63) is 59.4 Å². The maximum atomic E-state index is 13.5. The summed E-state index contributed by atoms with van der Waals surface area (Å²) in [5.41, 5.74) is 5.29. The predicted octanol–water partition coefficient (Wildman–Crippen LogP) is 4.60. The minimum Gasteiger partial charge on any atom is -0.347 e. The van der Waals surface area contributed by atoms with Gasteiger partial charge in [0.15, 0.2) is 0 Å². The van der Waals surface area contributed by atoms with E-state index < -0.39 is 0 Å². The van der Waals surface area contributed by atoms with Crippen LogP contribution in [0.5, 0.6) is 0 Å². The Bertz CT molecular complexity index is 1030. The molecule has 3 aromatic rings. The van der Waals surface area contributed by atoms with Crippen LogP contribution in [0.25, 0.3) is 11.1 Å². The molecule has 1 atom stereocenters. The highest BCUT2D eigenvalue weighted by molar-refractivity contribution is 5.66. The summed E-state index contributed by atoms with van der Waals surface area (Å²) in [6, 6.07) is 6.81. The fourth-order valence-electron chi connectivity index (χ4n) is 4.29. The number of likely N-dealkylation sites (tertiary alicyclic amines) is 1. The summed E-state index contributed by atoms with van der Waals surface area (Å²) in [5, 5.41) is 4.63. The third kappa shape index (κ3) is 4.61. The zero-order valence-electron chi connectivity index (χ0n) is 18.8. The van der Waals surface area contributed by atoms with Crippen molar-refractivity contribution in [2.45, 2.75) is 52.2 Å². The van der Waals surface area contributed by atoms with Crippen LogP contribution in [0, 0.1) is 12.7 Å². The Morgan fingerprint density at radius 2 is 1.94 bits per heavy atom. The van der Waals surface area contributed by atoms with Crippen LogP contribution in [0.4, 0.5) is 10.3 Å². The number of aromatic nitrogens is 4. The molecule has 0 N–H and O–H groups in total. The van der Waals surface area contributed by atoms with Gasteiger partial charge in [-0.3, -0.25) is 9.58 Å². The summed E-state index contributed by atoms with van der Waals surface area (Å²) in [6.07, 6.45) is 7.43. The van der Waals surface area contributed by atoms with Gasteiger partial charge < -0.3 is 4.90 Å². The van der Waals surface area contributed by atoms with Crippen molar-refractivity contribution in [1.29, 1.82) is 0 Å². The number of aryl methyl sites for hydroxylation is 2. The molecule has 1 saturated heterocycles. The first-order valence-electron chi connectivity index (χ1n) is 11.0. The van der Waals surface area contributed by atoms with Crippen molar-refractivity contribution in [2.75, 3.05) is 25.5 Å². The van der Waals surface area contributed by atoms with Crippen molar-refractivity contribution in [3.63, 3.8) is 0 Å². The van der Waals surface area contributed by atoms with Crippen LogP contribution < -0.4 is 4.90 Å². The second-order valence-corrected chi connectivity index (χ2v) is 8.45. The minimum absolute atomic E-state index is 0.180. The number of piperidine rings is 1. The monoisotopic (exact) mass is 422 g/mol.